The van der Waals surface area contributed by atoms with Crippen LogP contribution in [0.25, 0.3) is 0 Å². The average Bonchev–Trinajstić information content (AvgIpc) is 2.73. The molecule has 0 saturated carbocycles. The van der Waals surface area contributed by atoms with Gasteiger partial charge in [0.25, 0.3) is 5.91 Å². The summed E-state index contributed by atoms with van der Waals surface area (Å²) in [6.45, 7) is 1.96. The number of rotatable bonds is 8. The van der Waals surface area contributed by atoms with E-state index in [2.05, 4.69) is 37.1 Å². The summed E-state index contributed by atoms with van der Waals surface area (Å²) in [6.07, 6.45) is 1.35. The number of carbonyl (C=O) groups is 3. The topological polar surface area (TPSA) is 118 Å². The number of likely N-dealkylation sites (N-methyl/N-ethyl adjacent to an activating group) is 1. The number of nitrogens with one attached hydrogen (secondary N) is 3. The second-order valence-electron chi connectivity index (χ2n) is 5.74. The summed E-state index contributed by atoms with van der Waals surface area (Å²) in [5, 5.41) is 8.66. The minimum absolute atomic E-state index is 0.219. The Labute approximate surface area is 182 Å². The number of anilines is 1. The van der Waals surface area contributed by atoms with Crippen LogP contribution in [0.4, 0.5) is 5.69 Å². The van der Waals surface area contributed by atoms with Crippen molar-refractivity contribution < 1.29 is 23.9 Å². The third-order valence-electron chi connectivity index (χ3n) is 3.55. The number of ether oxygens (including phenoxy) is 2. The van der Waals surface area contributed by atoms with Crippen LogP contribution in [0.1, 0.15) is 12.5 Å². The maximum atomic E-state index is 12.1. The van der Waals surface area contributed by atoms with E-state index in [0.29, 0.717) is 33.8 Å². The highest BCUT2D eigenvalue weighted by molar-refractivity contribution is 9.10. The molecule has 10 heteroatoms. The van der Waals surface area contributed by atoms with Gasteiger partial charge in [-0.1, -0.05) is 18.2 Å². The first-order valence-corrected chi connectivity index (χ1v) is 9.73. The Morgan fingerprint density at radius 1 is 1.10 bits per heavy atom. The minimum Gasteiger partial charge on any atom is -0.490 e. The molecule has 0 unspecified atom stereocenters. The number of carbonyl (C=O) groups excluding carboxylic acids is 3. The average molecular weight is 477 g/mol. The van der Waals surface area contributed by atoms with Gasteiger partial charge in [-0.3, -0.25) is 14.4 Å². The van der Waals surface area contributed by atoms with E-state index in [9.17, 15) is 14.4 Å². The van der Waals surface area contributed by atoms with Crippen LogP contribution in [-0.2, 0) is 14.4 Å². The van der Waals surface area contributed by atoms with Gasteiger partial charge in [0.1, 0.15) is 0 Å². The molecule has 0 aromatic heterocycles. The molecule has 2 aromatic rings. The predicted molar refractivity (Wildman–Crippen MR) is 116 cm³/mol. The Kier molecular flexibility index (Phi) is 8.82. The fraction of sp³-hybridized carbons (Fsp3) is 0.200. The van der Waals surface area contributed by atoms with Crippen molar-refractivity contribution in [1.82, 2.24) is 10.7 Å². The van der Waals surface area contributed by atoms with E-state index in [0.717, 1.165) is 0 Å². The van der Waals surface area contributed by atoms with Crippen LogP contribution in [0.3, 0.4) is 0 Å². The van der Waals surface area contributed by atoms with Gasteiger partial charge in [-0.05, 0) is 52.7 Å². The molecule has 0 aliphatic heterocycles. The third-order valence-corrected chi connectivity index (χ3v) is 4.14. The van der Waals surface area contributed by atoms with Gasteiger partial charge in [0.2, 0.25) is 0 Å². The molecular formula is C20H21BrN4O5. The molecule has 0 spiro atoms. The molecule has 0 saturated heterocycles. The Morgan fingerprint density at radius 3 is 2.50 bits per heavy atom. The molecule has 3 N–H and O–H groups in total. The quantitative estimate of drug-likeness (QED) is 0.306. The highest BCUT2D eigenvalue weighted by atomic mass is 79.9. The molecule has 0 heterocycles. The molecular weight excluding hydrogens is 456 g/mol. The number of benzene rings is 2. The highest BCUT2D eigenvalue weighted by Crippen LogP contribution is 2.36. The van der Waals surface area contributed by atoms with E-state index in [1.54, 1.807) is 24.3 Å². The molecule has 30 heavy (non-hydrogen) atoms. The predicted octanol–water partition coefficient (Wildman–Crippen LogP) is 2.06. The largest absolute Gasteiger partial charge is 0.490 e. The van der Waals surface area contributed by atoms with Gasteiger partial charge in [-0.2, -0.15) is 5.10 Å². The Balaban J connectivity index is 2.07. The van der Waals surface area contributed by atoms with E-state index >= 15 is 0 Å². The monoisotopic (exact) mass is 476 g/mol. The van der Waals surface area contributed by atoms with Crippen molar-refractivity contribution in [2.45, 2.75) is 6.92 Å². The molecule has 3 amide bonds. The third kappa shape index (κ3) is 6.89. The lowest BCUT2D eigenvalue weighted by Crippen LogP contribution is -2.35. The minimum atomic E-state index is -0.887. The van der Waals surface area contributed by atoms with Crippen LogP contribution in [0.5, 0.6) is 11.5 Å². The molecule has 0 bridgehead atoms. The van der Waals surface area contributed by atoms with Crippen LogP contribution >= 0.6 is 15.9 Å². The fourth-order valence-electron chi connectivity index (χ4n) is 2.25. The van der Waals surface area contributed by atoms with E-state index in [4.69, 9.17) is 9.47 Å². The fourth-order valence-corrected chi connectivity index (χ4v) is 2.83. The summed E-state index contributed by atoms with van der Waals surface area (Å²) >= 11 is 3.39. The summed E-state index contributed by atoms with van der Waals surface area (Å²) in [7, 11) is 1.34. The van der Waals surface area contributed by atoms with E-state index in [1.165, 1.54) is 13.3 Å². The van der Waals surface area contributed by atoms with Crippen LogP contribution in [0, 0.1) is 0 Å². The van der Waals surface area contributed by atoms with E-state index < -0.39 is 11.8 Å². The molecule has 0 aliphatic rings. The SMILES string of the molecule is CCOc1cc(/C=N\NC(=O)C(=O)NC)cc(Br)c1OCC(=O)Nc1ccccc1. The van der Waals surface area contributed by atoms with Gasteiger partial charge in [0, 0.05) is 12.7 Å². The molecule has 2 rings (SSSR count). The number of hydrazone groups is 1. The first-order chi connectivity index (χ1) is 14.4. The molecule has 0 fully saturated rings. The summed E-state index contributed by atoms with van der Waals surface area (Å²) < 4.78 is 11.8. The van der Waals surface area contributed by atoms with Crippen LogP contribution in [0.15, 0.2) is 52.0 Å². The summed E-state index contributed by atoms with van der Waals surface area (Å²) in [5.74, 6) is -1.27. The van der Waals surface area contributed by atoms with Crippen LogP contribution in [0.2, 0.25) is 0 Å². The number of halogens is 1. The van der Waals surface area contributed by atoms with Crippen molar-refractivity contribution in [1.29, 1.82) is 0 Å². The molecule has 2 aromatic carbocycles. The maximum absolute atomic E-state index is 12.1. The summed E-state index contributed by atoms with van der Waals surface area (Å²) in [5.41, 5.74) is 3.35. The molecule has 0 aliphatic carbocycles. The lowest BCUT2D eigenvalue weighted by Gasteiger charge is -2.14. The molecule has 0 radical (unpaired) electrons. The lowest BCUT2D eigenvalue weighted by molar-refractivity contribution is -0.138. The van der Waals surface area contributed by atoms with E-state index in [1.807, 2.05) is 25.1 Å². The van der Waals surface area contributed by atoms with Gasteiger partial charge in [0.15, 0.2) is 18.1 Å². The second-order valence-corrected chi connectivity index (χ2v) is 6.60. The number of amides is 3. The van der Waals surface area contributed by atoms with Crippen molar-refractivity contribution in [3.8, 4) is 11.5 Å². The van der Waals surface area contributed by atoms with Gasteiger partial charge in [-0.15, -0.1) is 0 Å². The van der Waals surface area contributed by atoms with Gasteiger partial charge >= 0.3 is 11.8 Å². The number of nitrogens with zero attached hydrogens (tertiary/aromatic N) is 1. The number of para-hydroxylation sites is 1. The molecule has 158 valence electrons. The molecule has 9 nitrogen and oxygen atoms in total. The Morgan fingerprint density at radius 2 is 1.83 bits per heavy atom. The Bertz CT molecular complexity index is 934. The van der Waals surface area contributed by atoms with Crippen molar-refractivity contribution >= 4 is 45.6 Å². The van der Waals surface area contributed by atoms with Gasteiger partial charge in [-0.25, -0.2) is 5.43 Å². The van der Waals surface area contributed by atoms with Gasteiger partial charge < -0.3 is 20.1 Å². The zero-order chi connectivity index (χ0) is 21.9. The maximum Gasteiger partial charge on any atom is 0.329 e. The standard InChI is InChI=1S/C20H21BrN4O5/c1-3-29-16-10-13(11-23-25-20(28)19(27)22-2)9-15(21)18(16)30-12-17(26)24-14-7-5-4-6-8-14/h4-11H,3,12H2,1-2H3,(H,22,27)(H,24,26)(H,25,28)/b23-11-. The number of hydrogen-bond acceptors (Lipinski definition) is 6. The summed E-state index contributed by atoms with van der Waals surface area (Å²) in [4.78, 5) is 34.7. The second kappa shape index (κ2) is 11.6. The molecule has 0 atom stereocenters. The van der Waals surface area contributed by atoms with Crippen molar-refractivity contribution in [2.75, 3.05) is 25.6 Å². The number of hydrogen-bond donors (Lipinski definition) is 3. The summed E-state index contributed by atoms with van der Waals surface area (Å²) in [6, 6.07) is 12.3. The highest BCUT2D eigenvalue weighted by Gasteiger charge is 2.14. The van der Waals surface area contributed by atoms with Crippen LogP contribution in [-0.4, -0.2) is 44.2 Å². The van der Waals surface area contributed by atoms with Crippen LogP contribution < -0.4 is 25.5 Å². The normalized spacial score (nSPS) is 10.4. The van der Waals surface area contributed by atoms with Crippen molar-refractivity contribution in [2.24, 2.45) is 5.10 Å². The zero-order valence-corrected chi connectivity index (χ0v) is 18.0. The first-order valence-electron chi connectivity index (χ1n) is 8.93. The van der Waals surface area contributed by atoms with E-state index in [-0.39, 0.29) is 12.5 Å². The van der Waals surface area contributed by atoms with Crippen molar-refractivity contribution in [3.63, 3.8) is 0 Å². The zero-order valence-electron chi connectivity index (χ0n) is 16.4. The smallest absolute Gasteiger partial charge is 0.329 e. The first kappa shape index (κ1) is 22.9. The lowest BCUT2D eigenvalue weighted by atomic mass is 10.2. The van der Waals surface area contributed by atoms with Gasteiger partial charge in [0.05, 0.1) is 17.3 Å². The van der Waals surface area contributed by atoms with Crippen molar-refractivity contribution in [3.05, 3.63) is 52.5 Å². The Hall–Kier alpha value is -3.40.